The van der Waals surface area contributed by atoms with Gasteiger partial charge in [-0.3, -0.25) is 19.4 Å². The number of nitrogens with one attached hydrogen (secondary N) is 3. The molecule has 3 aromatic carbocycles. The minimum Gasteiger partial charge on any atom is -0.493 e. The first-order valence-electron chi connectivity index (χ1n) is 17.5. The summed E-state index contributed by atoms with van der Waals surface area (Å²) in [4.78, 5) is 61.1. The van der Waals surface area contributed by atoms with Gasteiger partial charge in [0, 0.05) is 62.5 Å². The molecule has 0 aliphatic carbocycles. The summed E-state index contributed by atoms with van der Waals surface area (Å²) in [6, 6.07) is 17.0. The fraction of sp³-hybridized carbons (Fsp3) is 0.400. The van der Waals surface area contributed by atoms with E-state index in [0.717, 1.165) is 52.7 Å². The second kappa shape index (κ2) is 25.2. The minimum atomic E-state index is -0.315. The zero-order valence-corrected chi connectivity index (χ0v) is 33.4. The highest BCUT2D eigenvalue weighted by Crippen LogP contribution is 2.36. The van der Waals surface area contributed by atoms with Crippen LogP contribution in [0.4, 0.5) is 17.1 Å². The zero-order chi connectivity index (χ0) is 39.9. The van der Waals surface area contributed by atoms with Crippen molar-refractivity contribution in [2.75, 3.05) is 45.1 Å². The van der Waals surface area contributed by atoms with Crippen molar-refractivity contribution < 1.29 is 38.2 Å². The normalized spacial score (nSPS) is 13.3. The molecule has 2 atom stereocenters. The number of unbranched alkanes of at least 4 members (excludes halogenated alkanes) is 2. The number of methoxy groups -OCH3 is 2. The summed E-state index contributed by atoms with van der Waals surface area (Å²) in [6.45, 7) is 4.11. The third kappa shape index (κ3) is 14.8. The van der Waals surface area contributed by atoms with E-state index in [1.165, 1.54) is 0 Å². The lowest BCUT2D eigenvalue weighted by atomic mass is 10.1. The number of fused-ring (bicyclic) bond motifs is 1. The van der Waals surface area contributed by atoms with Crippen molar-refractivity contribution in [3.63, 3.8) is 0 Å². The van der Waals surface area contributed by atoms with Crippen LogP contribution >= 0.6 is 15.9 Å². The number of aryl methyl sites for hydroxylation is 1. The Labute approximate surface area is 326 Å². The number of nitrogens with zero attached hydrogens (tertiary/aromatic N) is 2. The standard InChI is InChI=1S/C30H33BrN4O4.C8H13NO3.C2H6O/c1-19-9-28(38-4)29(14-26(19)33-16-25-13-23-7-5-6-8-27(23)35(25)18-36)39-17-22-10-21(15-31)11-24(12-22)34-30(37)20(2)32-3;10-6-3-1-2-4-8(12)9-5-7-11;1-3-2/h5-12,14,16,18,20,25,32H,13,15,17H2,1-4H3,(H,34,37);6-7H,1-5H2,(H,9,12);1-2H3. The molecule has 3 aromatic rings. The molecule has 14 heteroatoms. The zero-order valence-electron chi connectivity index (χ0n) is 31.9. The third-order valence-corrected chi connectivity index (χ3v) is 8.74. The number of hydrogen-bond acceptors (Lipinski definition) is 10. The molecule has 0 saturated heterocycles. The van der Waals surface area contributed by atoms with E-state index in [0.29, 0.717) is 54.5 Å². The van der Waals surface area contributed by atoms with Gasteiger partial charge in [-0.2, -0.15) is 0 Å². The van der Waals surface area contributed by atoms with Gasteiger partial charge in [-0.15, -0.1) is 0 Å². The van der Waals surface area contributed by atoms with Gasteiger partial charge < -0.3 is 44.6 Å². The number of halogens is 1. The van der Waals surface area contributed by atoms with Gasteiger partial charge in [0.1, 0.15) is 19.2 Å². The molecule has 4 rings (SSSR count). The fourth-order valence-corrected chi connectivity index (χ4v) is 5.54. The molecule has 0 saturated carbocycles. The van der Waals surface area contributed by atoms with Crippen LogP contribution in [0, 0.1) is 6.92 Å². The largest absolute Gasteiger partial charge is 0.493 e. The Kier molecular flexibility index (Phi) is 21.1. The average molecular weight is 811 g/mol. The van der Waals surface area contributed by atoms with E-state index in [4.69, 9.17) is 14.5 Å². The summed E-state index contributed by atoms with van der Waals surface area (Å²) in [5, 5.41) is 8.95. The van der Waals surface area contributed by atoms with E-state index in [1.54, 1.807) is 40.2 Å². The average Bonchev–Trinajstić information content (AvgIpc) is 3.55. The lowest BCUT2D eigenvalue weighted by Gasteiger charge is -2.17. The number of aliphatic imine (C=N–C) groups is 1. The maximum atomic E-state index is 12.4. The Hall–Kier alpha value is -4.92. The lowest BCUT2D eigenvalue weighted by molar-refractivity contribution is -0.122. The number of likely N-dealkylation sites (N-methyl/N-ethyl adjacent to an activating group) is 1. The van der Waals surface area contributed by atoms with Gasteiger partial charge in [0.25, 0.3) is 0 Å². The molecule has 1 aliphatic rings. The molecule has 0 radical (unpaired) electrons. The minimum absolute atomic E-state index is 0.0759. The van der Waals surface area contributed by atoms with E-state index in [9.17, 15) is 24.0 Å². The summed E-state index contributed by atoms with van der Waals surface area (Å²) < 4.78 is 16.0. The van der Waals surface area contributed by atoms with E-state index in [-0.39, 0.29) is 37.0 Å². The Morgan fingerprint density at radius 2 is 1.72 bits per heavy atom. The highest BCUT2D eigenvalue weighted by atomic mass is 79.9. The van der Waals surface area contributed by atoms with Crippen LogP contribution in [0.25, 0.3) is 0 Å². The summed E-state index contributed by atoms with van der Waals surface area (Å²) in [5.74, 6) is 0.906. The van der Waals surface area contributed by atoms with Crippen molar-refractivity contribution >= 4 is 70.0 Å². The van der Waals surface area contributed by atoms with Crippen LogP contribution in [0.5, 0.6) is 11.5 Å². The van der Waals surface area contributed by atoms with Gasteiger partial charge in [-0.1, -0.05) is 40.2 Å². The molecule has 3 amide bonds. The van der Waals surface area contributed by atoms with Gasteiger partial charge in [0.2, 0.25) is 18.2 Å². The molecule has 3 N–H and O–H groups in total. The lowest BCUT2D eigenvalue weighted by Crippen LogP contribution is -2.35. The Bertz CT molecular complexity index is 1700. The number of amides is 3. The van der Waals surface area contributed by atoms with Crippen molar-refractivity contribution in [3.8, 4) is 11.5 Å². The van der Waals surface area contributed by atoms with E-state index in [2.05, 4.69) is 36.6 Å². The van der Waals surface area contributed by atoms with Crippen molar-refractivity contribution in [2.24, 2.45) is 4.99 Å². The number of hydrogen-bond donors (Lipinski definition) is 3. The van der Waals surface area contributed by atoms with Crippen molar-refractivity contribution in [3.05, 3.63) is 76.9 Å². The predicted octanol–water partition coefficient (Wildman–Crippen LogP) is 5.64. The van der Waals surface area contributed by atoms with Crippen LogP contribution in [-0.4, -0.2) is 84.0 Å². The highest BCUT2D eigenvalue weighted by molar-refractivity contribution is 9.08. The molecule has 292 valence electrons. The Balaban J connectivity index is 0.000000569. The van der Waals surface area contributed by atoms with Gasteiger partial charge in [-0.25, -0.2) is 0 Å². The number of carbonyl (C=O) groups excluding carboxylic acids is 5. The number of para-hydroxylation sites is 1. The Morgan fingerprint density at radius 1 is 1.00 bits per heavy atom. The SMILES string of the molecule is CNC(C)C(=O)Nc1cc(CBr)cc(COc2cc(N=CC3Cc4ccccc4N3C=O)c(C)cc2OC)c1.COC.O=CCCCCC(=O)NCC=O. The molecule has 0 fully saturated rings. The monoisotopic (exact) mass is 809 g/mol. The molecule has 1 heterocycles. The summed E-state index contributed by atoms with van der Waals surface area (Å²) in [6.07, 6.45) is 7.19. The maximum Gasteiger partial charge on any atom is 0.241 e. The second-order valence-electron chi connectivity index (χ2n) is 12.2. The third-order valence-electron chi connectivity index (χ3n) is 8.09. The fourth-order valence-electron chi connectivity index (χ4n) is 5.22. The van der Waals surface area contributed by atoms with Crippen LogP contribution in [0.15, 0.2) is 59.6 Å². The number of alkyl halides is 1. The topological polar surface area (TPSA) is 165 Å². The van der Waals surface area contributed by atoms with Crippen LogP contribution in [0.2, 0.25) is 0 Å². The van der Waals surface area contributed by atoms with Crippen LogP contribution in [0.1, 0.15) is 54.9 Å². The number of benzene rings is 3. The molecule has 2 unspecified atom stereocenters. The van der Waals surface area contributed by atoms with Gasteiger partial charge in [-0.05, 0) is 80.3 Å². The summed E-state index contributed by atoms with van der Waals surface area (Å²) in [5.41, 5.74) is 6.32. The summed E-state index contributed by atoms with van der Waals surface area (Å²) >= 11 is 3.51. The van der Waals surface area contributed by atoms with Crippen LogP contribution in [0.3, 0.4) is 0 Å². The first-order chi connectivity index (χ1) is 26.1. The second-order valence-corrected chi connectivity index (χ2v) is 12.8. The smallest absolute Gasteiger partial charge is 0.241 e. The first kappa shape index (κ1) is 45.2. The van der Waals surface area contributed by atoms with E-state index >= 15 is 0 Å². The van der Waals surface area contributed by atoms with Gasteiger partial charge in [0.15, 0.2) is 11.5 Å². The van der Waals surface area contributed by atoms with Crippen LogP contribution in [-0.2, 0) is 47.1 Å². The van der Waals surface area contributed by atoms with Crippen LogP contribution < -0.4 is 30.3 Å². The quantitative estimate of drug-likeness (QED) is 0.0639. The van der Waals surface area contributed by atoms with Gasteiger partial charge in [0.05, 0.1) is 31.4 Å². The molecule has 0 spiro atoms. The molecular weight excluding hydrogens is 758 g/mol. The summed E-state index contributed by atoms with van der Waals surface area (Å²) in [7, 11) is 6.60. The van der Waals surface area contributed by atoms with Crippen molar-refractivity contribution in [2.45, 2.75) is 70.0 Å². The predicted molar refractivity (Wildman–Crippen MR) is 215 cm³/mol. The van der Waals surface area contributed by atoms with E-state index in [1.807, 2.05) is 67.7 Å². The van der Waals surface area contributed by atoms with Crippen molar-refractivity contribution in [1.82, 2.24) is 10.6 Å². The molecule has 1 aliphatic heterocycles. The number of aldehydes is 2. The number of ether oxygens (including phenoxy) is 3. The Morgan fingerprint density at radius 3 is 2.37 bits per heavy atom. The number of carbonyl (C=O) groups is 5. The van der Waals surface area contributed by atoms with E-state index < -0.39 is 0 Å². The molecule has 0 bridgehead atoms. The van der Waals surface area contributed by atoms with Crippen molar-refractivity contribution in [1.29, 1.82) is 0 Å². The first-order valence-corrected chi connectivity index (χ1v) is 18.6. The van der Waals surface area contributed by atoms with Gasteiger partial charge >= 0.3 is 0 Å². The molecule has 13 nitrogen and oxygen atoms in total. The maximum absolute atomic E-state index is 12.4. The molecular formula is C40H52BrN5O8. The number of rotatable bonds is 18. The number of anilines is 2. The molecule has 54 heavy (non-hydrogen) atoms. The molecule has 0 aromatic heterocycles. The highest BCUT2D eigenvalue weighted by Gasteiger charge is 2.27.